The van der Waals surface area contributed by atoms with E-state index in [4.69, 9.17) is 14.2 Å². The fourth-order valence-electron chi connectivity index (χ4n) is 3.16. The maximum Gasteiger partial charge on any atom is 0.131 e. The molecule has 144 valence electrons. The highest BCUT2D eigenvalue weighted by molar-refractivity contribution is 7.99. The quantitative estimate of drug-likeness (QED) is 0.566. The molecule has 0 saturated carbocycles. The lowest BCUT2D eigenvalue weighted by Crippen LogP contribution is -2.14. The van der Waals surface area contributed by atoms with Crippen molar-refractivity contribution in [3.8, 4) is 17.2 Å². The molecule has 0 aliphatic heterocycles. The summed E-state index contributed by atoms with van der Waals surface area (Å²) in [6, 6.07) is 3.91. The number of thioether (sulfide) groups is 1. The van der Waals surface area contributed by atoms with E-state index >= 15 is 0 Å². The van der Waals surface area contributed by atoms with Crippen molar-refractivity contribution in [2.24, 2.45) is 5.92 Å². The van der Waals surface area contributed by atoms with Gasteiger partial charge in [0.1, 0.15) is 23.0 Å². The third kappa shape index (κ3) is 5.13. The molecule has 2 atom stereocenters. The maximum atomic E-state index is 9.99. The summed E-state index contributed by atoms with van der Waals surface area (Å²) in [5.41, 5.74) is 1.05. The van der Waals surface area contributed by atoms with Gasteiger partial charge in [0.25, 0.3) is 0 Å². The third-order valence-corrected chi connectivity index (χ3v) is 5.37. The van der Waals surface area contributed by atoms with Crippen LogP contribution in [0.2, 0.25) is 0 Å². The van der Waals surface area contributed by atoms with Crippen LogP contribution in [0.1, 0.15) is 44.9 Å². The van der Waals surface area contributed by atoms with E-state index in [1.54, 1.807) is 6.08 Å². The van der Waals surface area contributed by atoms with E-state index in [1.807, 2.05) is 56.8 Å². The van der Waals surface area contributed by atoms with Crippen LogP contribution in [-0.2, 0) is 0 Å². The zero-order valence-corrected chi connectivity index (χ0v) is 17.0. The molecular weight excluding hydrogens is 348 g/mol. The van der Waals surface area contributed by atoms with Crippen LogP contribution in [0.25, 0.3) is 0 Å². The van der Waals surface area contributed by atoms with Crippen LogP contribution in [0.5, 0.6) is 17.2 Å². The first-order valence-electron chi connectivity index (χ1n) is 9.39. The highest BCUT2D eigenvalue weighted by Crippen LogP contribution is 2.49. The number of rotatable bonds is 10. The Bertz CT molecular complexity index is 612. The Morgan fingerprint density at radius 1 is 1.04 bits per heavy atom. The van der Waals surface area contributed by atoms with E-state index in [0.29, 0.717) is 25.6 Å². The van der Waals surface area contributed by atoms with E-state index < -0.39 is 0 Å². The van der Waals surface area contributed by atoms with Gasteiger partial charge in [0.2, 0.25) is 0 Å². The monoisotopic (exact) mass is 378 g/mol. The summed E-state index contributed by atoms with van der Waals surface area (Å²) in [6.45, 7) is 9.81. The average molecular weight is 379 g/mol. The van der Waals surface area contributed by atoms with Gasteiger partial charge in [0.15, 0.2) is 0 Å². The molecule has 0 fully saturated rings. The fraction of sp³-hybridized carbons (Fsp3) is 0.524. The minimum atomic E-state index is 0.130. The van der Waals surface area contributed by atoms with Crippen LogP contribution in [0.4, 0.5) is 0 Å². The van der Waals surface area contributed by atoms with Crippen molar-refractivity contribution >= 4 is 11.8 Å². The molecule has 26 heavy (non-hydrogen) atoms. The van der Waals surface area contributed by atoms with E-state index in [1.165, 1.54) is 0 Å². The van der Waals surface area contributed by atoms with Gasteiger partial charge in [-0.2, -0.15) is 11.8 Å². The SMILES string of the molecule is CCOc1cc(OCC)c(C(SCC)C2C=C(O)C=CC2)c(OCC)c1. The Balaban J connectivity index is 2.54. The number of hydrogen-bond donors (Lipinski definition) is 1. The molecule has 2 rings (SSSR count). The van der Waals surface area contributed by atoms with Gasteiger partial charge in [-0.3, -0.25) is 0 Å². The second-order valence-electron chi connectivity index (χ2n) is 5.90. The molecule has 0 aromatic heterocycles. The number of ether oxygens (including phenoxy) is 3. The number of aliphatic hydroxyl groups is 1. The van der Waals surface area contributed by atoms with Crippen LogP contribution in [0.15, 0.2) is 36.1 Å². The van der Waals surface area contributed by atoms with Crippen molar-refractivity contribution in [1.29, 1.82) is 0 Å². The first-order chi connectivity index (χ1) is 12.6. The summed E-state index contributed by atoms with van der Waals surface area (Å²) in [5.74, 6) is 3.83. The van der Waals surface area contributed by atoms with Gasteiger partial charge in [-0.1, -0.05) is 13.0 Å². The molecule has 0 spiro atoms. The zero-order valence-electron chi connectivity index (χ0n) is 16.2. The van der Waals surface area contributed by atoms with Crippen molar-refractivity contribution in [1.82, 2.24) is 0 Å². The summed E-state index contributed by atoms with van der Waals surface area (Å²) < 4.78 is 17.7. The van der Waals surface area contributed by atoms with E-state index in [2.05, 4.69) is 6.92 Å². The molecule has 4 nitrogen and oxygen atoms in total. The Hall–Kier alpha value is -1.75. The topological polar surface area (TPSA) is 47.9 Å². The predicted octanol–water partition coefficient (Wildman–Crippen LogP) is 5.69. The van der Waals surface area contributed by atoms with Gasteiger partial charge in [0, 0.05) is 23.3 Å². The Kier molecular flexibility index (Phi) is 8.23. The summed E-state index contributed by atoms with van der Waals surface area (Å²) in [4.78, 5) is 0. The Labute approximate surface area is 161 Å². The van der Waals surface area contributed by atoms with Crippen molar-refractivity contribution in [2.75, 3.05) is 25.6 Å². The van der Waals surface area contributed by atoms with Crippen molar-refractivity contribution in [3.05, 3.63) is 41.7 Å². The first kappa shape index (κ1) is 20.6. The summed E-state index contributed by atoms with van der Waals surface area (Å²) in [5, 5.41) is 10.1. The lowest BCUT2D eigenvalue weighted by molar-refractivity contribution is 0.299. The lowest BCUT2D eigenvalue weighted by Gasteiger charge is -2.29. The van der Waals surface area contributed by atoms with Crippen LogP contribution < -0.4 is 14.2 Å². The number of hydrogen-bond acceptors (Lipinski definition) is 5. The minimum absolute atomic E-state index is 0.130. The van der Waals surface area contributed by atoms with Crippen LogP contribution in [0.3, 0.4) is 0 Å². The summed E-state index contributed by atoms with van der Waals surface area (Å²) in [7, 11) is 0. The third-order valence-electron chi connectivity index (χ3n) is 4.09. The van der Waals surface area contributed by atoms with E-state index in [9.17, 15) is 5.11 Å². The number of aliphatic hydroxyl groups excluding tert-OH is 1. The maximum absolute atomic E-state index is 9.99. The highest BCUT2D eigenvalue weighted by Gasteiger charge is 2.29. The average Bonchev–Trinajstić information content (AvgIpc) is 2.61. The molecule has 1 aromatic rings. The van der Waals surface area contributed by atoms with Gasteiger partial charge >= 0.3 is 0 Å². The lowest BCUT2D eigenvalue weighted by atomic mass is 9.91. The van der Waals surface area contributed by atoms with Crippen LogP contribution in [-0.4, -0.2) is 30.7 Å². The van der Waals surface area contributed by atoms with Crippen LogP contribution in [0, 0.1) is 5.92 Å². The van der Waals surface area contributed by atoms with Gasteiger partial charge < -0.3 is 19.3 Å². The molecule has 0 amide bonds. The van der Waals surface area contributed by atoms with Gasteiger partial charge in [-0.15, -0.1) is 0 Å². The van der Waals surface area contributed by atoms with Gasteiger partial charge in [-0.25, -0.2) is 0 Å². The zero-order chi connectivity index (χ0) is 18.9. The summed E-state index contributed by atoms with van der Waals surface area (Å²) >= 11 is 1.85. The highest BCUT2D eigenvalue weighted by atomic mass is 32.2. The van der Waals surface area contributed by atoms with Crippen molar-refractivity contribution in [3.63, 3.8) is 0 Å². The van der Waals surface area contributed by atoms with Gasteiger partial charge in [-0.05, 0) is 45.1 Å². The molecule has 0 radical (unpaired) electrons. The van der Waals surface area contributed by atoms with Crippen molar-refractivity contribution in [2.45, 2.75) is 39.4 Å². The van der Waals surface area contributed by atoms with E-state index in [0.717, 1.165) is 35.0 Å². The largest absolute Gasteiger partial charge is 0.508 e. The molecule has 1 aromatic carbocycles. The first-order valence-corrected chi connectivity index (χ1v) is 10.4. The molecule has 0 heterocycles. The second kappa shape index (κ2) is 10.4. The molecule has 1 N–H and O–H groups in total. The number of benzene rings is 1. The molecule has 1 aliphatic rings. The Morgan fingerprint density at radius 2 is 1.65 bits per heavy atom. The molecule has 2 unspecified atom stereocenters. The summed E-state index contributed by atoms with van der Waals surface area (Å²) in [6.07, 6.45) is 6.61. The number of allylic oxidation sites excluding steroid dienone is 3. The second-order valence-corrected chi connectivity index (χ2v) is 7.32. The van der Waals surface area contributed by atoms with E-state index in [-0.39, 0.29) is 11.2 Å². The molecular formula is C21H30O4S. The normalized spacial score (nSPS) is 17.5. The fourth-order valence-corrected chi connectivity index (χ4v) is 4.35. The van der Waals surface area contributed by atoms with Crippen molar-refractivity contribution < 1.29 is 19.3 Å². The minimum Gasteiger partial charge on any atom is -0.508 e. The predicted molar refractivity (Wildman–Crippen MR) is 109 cm³/mol. The molecule has 0 saturated heterocycles. The van der Waals surface area contributed by atoms with Crippen LogP contribution >= 0.6 is 11.8 Å². The molecule has 5 heteroatoms. The smallest absolute Gasteiger partial charge is 0.131 e. The molecule has 1 aliphatic carbocycles. The van der Waals surface area contributed by atoms with Gasteiger partial charge in [0.05, 0.1) is 25.4 Å². The Morgan fingerprint density at radius 3 is 2.15 bits per heavy atom. The molecule has 0 bridgehead atoms. The standard InChI is InChI=1S/C21H30O4S/c1-5-23-17-13-18(24-6-2)20(19(14-17)25-7-3)21(26-8-4)15-10-9-11-16(22)12-15/h9,11-15,21-22H,5-8,10H2,1-4H3.